The van der Waals surface area contributed by atoms with E-state index in [2.05, 4.69) is 15.6 Å². The highest BCUT2D eigenvalue weighted by Crippen LogP contribution is 2.23. The molecule has 0 atom stereocenters. The highest BCUT2D eigenvalue weighted by Gasteiger charge is 2.20. The fourth-order valence-electron chi connectivity index (χ4n) is 1.46. The molecule has 1 saturated carbocycles. The Morgan fingerprint density at radius 1 is 1.35 bits per heavy atom. The fraction of sp³-hybridized carbons (Fsp3) is 0.333. The molecule has 0 spiro atoms. The maximum Gasteiger partial charge on any atom is 0.221 e. The summed E-state index contributed by atoms with van der Waals surface area (Å²) in [4.78, 5) is 15.2. The molecule has 1 aromatic carbocycles. The number of hydrogen-bond acceptors (Lipinski definition) is 2. The Bertz CT molecular complexity index is 452. The lowest BCUT2D eigenvalue weighted by molar-refractivity contribution is -0.114. The Balaban J connectivity index is 2.02. The Kier molecular flexibility index (Phi) is 3.27. The minimum absolute atomic E-state index is 0.0956. The number of nitrogens with zero attached hydrogens (tertiary/aromatic N) is 1. The molecule has 17 heavy (non-hydrogen) atoms. The number of amides is 1. The highest BCUT2D eigenvalue weighted by atomic mass is 16.1. The molecule has 1 aliphatic rings. The lowest BCUT2D eigenvalue weighted by Crippen LogP contribution is -2.23. The number of aliphatic imine (C=N–C) groups is 1. The molecule has 0 aromatic heterocycles. The van der Waals surface area contributed by atoms with Crippen LogP contribution >= 0.6 is 0 Å². The van der Waals surface area contributed by atoms with Gasteiger partial charge in [-0.3, -0.25) is 4.79 Å². The van der Waals surface area contributed by atoms with E-state index in [1.54, 1.807) is 0 Å². The largest absolute Gasteiger partial charge is 0.370 e. The van der Waals surface area contributed by atoms with Crippen LogP contribution in [0.4, 0.5) is 11.4 Å². The molecule has 5 nitrogen and oxygen atoms in total. The zero-order valence-electron chi connectivity index (χ0n) is 9.73. The molecule has 5 heteroatoms. The van der Waals surface area contributed by atoms with Crippen LogP contribution in [0.2, 0.25) is 0 Å². The summed E-state index contributed by atoms with van der Waals surface area (Å²) >= 11 is 0. The van der Waals surface area contributed by atoms with E-state index in [1.165, 1.54) is 6.92 Å². The molecule has 0 unspecified atom stereocenters. The Morgan fingerprint density at radius 2 is 2.00 bits per heavy atom. The first-order valence-corrected chi connectivity index (χ1v) is 5.61. The summed E-state index contributed by atoms with van der Waals surface area (Å²) in [6.07, 6.45) is 2.24. The number of rotatable bonds is 3. The number of guanidine groups is 1. The molecule has 1 aliphatic carbocycles. The van der Waals surface area contributed by atoms with Gasteiger partial charge in [0.2, 0.25) is 5.91 Å². The fourth-order valence-corrected chi connectivity index (χ4v) is 1.46. The van der Waals surface area contributed by atoms with Crippen LogP contribution < -0.4 is 16.4 Å². The number of carbonyl (C=O) groups excluding carboxylic acids is 1. The van der Waals surface area contributed by atoms with E-state index in [1.807, 2.05) is 24.3 Å². The second-order valence-electron chi connectivity index (χ2n) is 4.13. The Labute approximate surface area is 100 Å². The third kappa shape index (κ3) is 3.79. The van der Waals surface area contributed by atoms with Crippen LogP contribution in [0.15, 0.2) is 29.3 Å². The van der Waals surface area contributed by atoms with Crippen molar-refractivity contribution in [2.24, 2.45) is 10.7 Å². The summed E-state index contributed by atoms with van der Waals surface area (Å²) in [5.74, 6) is 0.328. The molecule has 4 N–H and O–H groups in total. The van der Waals surface area contributed by atoms with Gasteiger partial charge < -0.3 is 16.4 Å². The van der Waals surface area contributed by atoms with Gasteiger partial charge in [0.05, 0.1) is 6.04 Å². The second kappa shape index (κ2) is 4.86. The number of anilines is 2. The number of nitrogens with one attached hydrogen (secondary N) is 2. The van der Waals surface area contributed by atoms with Crippen LogP contribution in [-0.4, -0.2) is 17.9 Å². The molecule has 0 bridgehead atoms. The van der Waals surface area contributed by atoms with Gasteiger partial charge in [-0.15, -0.1) is 0 Å². The molecule has 0 heterocycles. The molecule has 1 amide bonds. The van der Waals surface area contributed by atoms with Crippen LogP contribution in [0, 0.1) is 0 Å². The summed E-state index contributed by atoms with van der Waals surface area (Å²) in [6.45, 7) is 1.48. The number of hydrogen-bond donors (Lipinski definition) is 3. The topological polar surface area (TPSA) is 79.5 Å². The molecule has 0 saturated heterocycles. The van der Waals surface area contributed by atoms with Crippen LogP contribution in [-0.2, 0) is 4.79 Å². The highest BCUT2D eigenvalue weighted by molar-refractivity contribution is 5.94. The first kappa shape index (κ1) is 11.4. The predicted octanol–water partition coefficient (Wildman–Crippen LogP) is 1.53. The van der Waals surface area contributed by atoms with Crippen molar-refractivity contribution >= 4 is 23.2 Å². The van der Waals surface area contributed by atoms with E-state index in [0.717, 1.165) is 24.2 Å². The van der Waals surface area contributed by atoms with Crippen molar-refractivity contribution in [2.75, 3.05) is 10.6 Å². The van der Waals surface area contributed by atoms with Gasteiger partial charge in [0.15, 0.2) is 5.96 Å². The SMILES string of the molecule is CC(=O)Nc1cccc(NC(N)=NC2CC2)c1. The first-order valence-electron chi connectivity index (χ1n) is 5.61. The predicted molar refractivity (Wildman–Crippen MR) is 69.0 cm³/mol. The van der Waals surface area contributed by atoms with Crippen molar-refractivity contribution in [3.8, 4) is 0 Å². The third-order valence-corrected chi connectivity index (χ3v) is 2.32. The molecule has 0 aliphatic heterocycles. The van der Waals surface area contributed by atoms with Crippen LogP contribution in [0.25, 0.3) is 0 Å². The van der Waals surface area contributed by atoms with Crippen LogP contribution in [0.1, 0.15) is 19.8 Å². The molecule has 90 valence electrons. The summed E-state index contributed by atoms with van der Waals surface area (Å²) in [5.41, 5.74) is 7.30. The van der Waals surface area contributed by atoms with Crippen molar-refractivity contribution < 1.29 is 4.79 Å². The van der Waals surface area contributed by atoms with Crippen LogP contribution in [0.5, 0.6) is 0 Å². The summed E-state index contributed by atoms with van der Waals surface area (Å²) in [5, 5.41) is 5.72. The number of carbonyl (C=O) groups is 1. The molecule has 1 aromatic rings. The maximum absolute atomic E-state index is 10.9. The van der Waals surface area contributed by atoms with Crippen LogP contribution in [0.3, 0.4) is 0 Å². The Hall–Kier alpha value is -2.04. The van der Waals surface area contributed by atoms with Gasteiger partial charge in [-0.05, 0) is 31.0 Å². The van der Waals surface area contributed by atoms with Gasteiger partial charge in [0, 0.05) is 18.3 Å². The van der Waals surface area contributed by atoms with Gasteiger partial charge in [-0.2, -0.15) is 0 Å². The average Bonchev–Trinajstić information content (AvgIpc) is 3.00. The first-order chi connectivity index (χ1) is 8.13. The Morgan fingerprint density at radius 3 is 2.59 bits per heavy atom. The van der Waals surface area contributed by atoms with Gasteiger partial charge in [0.25, 0.3) is 0 Å². The van der Waals surface area contributed by atoms with Crippen molar-refractivity contribution in [3.63, 3.8) is 0 Å². The van der Waals surface area contributed by atoms with Gasteiger partial charge >= 0.3 is 0 Å². The molecule has 0 radical (unpaired) electrons. The van der Waals surface area contributed by atoms with Gasteiger partial charge in [-0.25, -0.2) is 4.99 Å². The van der Waals surface area contributed by atoms with E-state index in [9.17, 15) is 4.79 Å². The van der Waals surface area contributed by atoms with Crippen molar-refractivity contribution in [1.29, 1.82) is 0 Å². The molecular formula is C12H16N4O. The quantitative estimate of drug-likeness (QED) is 0.546. The smallest absolute Gasteiger partial charge is 0.221 e. The summed E-state index contributed by atoms with van der Waals surface area (Å²) in [7, 11) is 0. The van der Waals surface area contributed by atoms with E-state index < -0.39 is 0 Å². The summed E-state index contributed by atoms with van der Waals surface area (Å²) < 4.78 is 0. The summed E-state index contributed by atoms with van der Waals surface area (Å²) in [6, 6.07) is 7.75. The zero-order valence-corrected chi connectivity index (χ0v) is 9.73. The number of benzene rings is 1. The standard InChI is InChI=1S/C12H16N4O/c1-8(17)14-10-3-2-4-11(7-10)16-12(13)15-9-5-6-9/h2-4,7,9H,5-6H2,1H3,(H,14,17)(H3,13,15,16). The van der Waals surface area contributed by atoms with Gasteiger partial charge in [-0.1, -0.05) is 6.07 Å². The van der Waals surface area contributed by atoms with Crippen molar-refractivity contribution in [1.82, 2.24) is 0 Å². The second-order valence-corrected chi connectivity index (χ2v) is 4.13. The van der Waals surface area contributed by atoms with Gasteiger partial charge in [0.1, 0.15) is 0 Å². The molecular weight excluding hydrogens is 216 g/mol. The monoisotopic (exact) mass is 232 g/mol. The minimum atomic E-state index is -0.0956. The third-order valence-electron chi connectivity index (χ3n) is 2.32. The molecule has 1 fully saturated rings. The lowest BCUT2D eigenvalue weighted by Gasteiger charge is -2.07. The van der Waals surface area contributed by atoms with E-state index in [-0.39, 0.29) is 5.91 Å². The van der Waals surface area contributed by atoms with Crippen molar-refractivity contribution in [3.05, 3.63) is 24.3 Å². The molecule has 2 rings (SSSR count). The normalized spacial score (nSPS) is 15.5. The lowest BCUT2D eigenvalue weighted by atomic mass is 10.3. The number of nitrogens with two attached hydrogens (primary N) is 1. The maximum atomic E-state index is 10.9. The van der Waals surface area contributed by atoms with E-state index in [0.29, 0.717) is 12.0 Å². The van der Waals surface area contributed by atoms with Crippen molar-refractivity contribution in [2.45, 2.75) is 25.8 Å². The van der Waals surface area contributed by atoms with E-state index >= 15 is 0 Å². The minimum Gasteiger partial charge on any atom is -0.370 e. The average molecular weight is 232 g/mol. The zero-order chi connectivity index (χ0) is 12.3. The van der Waals surface area contributed by atoms with E-state index in [4.69, 9.17) is 5.73 Å².